The van der Waals surface area contributed by atoms with Crippen molar-refractivity contribution in [2.75, 3.05) is 46.6 Å². The van der Waals surface area contributed by atoms with Crippen LogP contribution in [0, 0.1) is 0 Å². The summed E-state index contributed by atoms with van der Waals surface area (Å²) in [6.45, 7) is 3.92. The van der Waals surface area contributed by atoms with Crippen molar-refractivity contribution < 1.29 is 22.3 Å². The Bertz CT molecular complexity index is 876. The van der Waals surface area contributed by atoms with Crippen LogP contribution in [0.25, 0.3) is 0 Å². The minimum absolute atomic E-state index is 0.107. The average molecular weight is 393 g/mol. The van der Waals surface area contributed by atoms with Crippen molar-refractivity contribution in [2.45, 2.75) is 10.9 Å². The van der Waals surface area contributed by atoms with E-state index < -0.39 is 10.0 Å². The van der Waals surface area contributed by atoms with Gasteiger partial charge in [-0.05, 0) is 31.3 Å². The van der Waals surface area contributed by atoms with Gasteiger partial charge in [0.1, 0.15) is 5.76 Å². The number of nitrogens with one attached hydrogen (secondary N) is 1. The predicted octanol–water partition coefficient (Wildman–Crippen LogP) is 1.28. The van der Waals surface area contributed by atoms with E-state index in [1.165, 1.54) is 12.1 Å². The monoisotopic (exact) mass is 393 g/mol. The molecule has 146 valence electrons. The fourth-order valence-corrected chi connectivity index (χ4v) is 4.39. The third-order valence-electron chi connectivity index (χ3n) is 4.97. The highest BCUT2D eigenvalue weighted by molar-refractivity contribution is 7.89. The lowest BCUT2D eigenvalue weighted by molar-refractivity contribution is 0.102. The van der Waals surface area contributed by atoms with E-state index in [-0.39, 0.29) is 24.3 Å². The van der Waals surface area contributed by atoms with Gasteiger partial charge in [-0.15, -0.1) is 0 Å². The number of nitrogens with zero attached hydrogens (tertiary/aromatic N) is 2. The lowest BCUT2D eigenvalue weighted by atomic mass is 10.1. The highest BCUT2D eigenvalue weighted by Crippen LogP contribution is 2.34. The van der Waals surface area contributed by atoms with Crippen molar-refractivity contribution >= 4 is 10.0 Å². The van der Waals surface area contributed by atoms with Gasteiger partial charge in [-0.1, -0.05) is 0 Å². The fraction of sp³-hybridized carbons (Fsp3) is 0.444. The molecule has 1 atom stereocenters. The maximum atomic E-state index is 12.8. The molecule has 2 aliphatic heterocycles. The third-order valence-corrected chi connectivity index (χ3v) is 6.39. The van der Waals surface area contributed by atoms with Crippen LogP contribution in [0.3, 0.4) is 0 Å². The first-order valence-electron chi connectivity index (χ1n) is 8.88. The molecule has 0 spiro atoms. The number of benzene rings is 1. The van der Waals surface area contributed by atoms with E-state index >= 15 is 0 Å². The molecule has 0 amide bonds. The number of sulfonamides is 1. The molecular formula is C18H23N3O5S. The van der Waals surface area contributed by atoms with Crippen molar-refractivity contribution in [1.29, 1.82) is 0 Å². The Hall–Kier alpha value is -2.07. The first kappa shape index (κ1) is 18.3. The first-order chi connectivity index (χ1) is 13.0. The molecule has 1 fully saturated rings. The van der Waals surface area contributed by atoms with Gasteiger partial charge in [0.2, 0.25) is 16.8 Å². The van der Waals surface area contributed by atoms with E-state index in [0.29, 0.717) is 11.5 Å². The molecule has 2 aromatic rings. The minimum atomic E-state index is -3.68. The molecule has 2 aliphatic rings. The molecule has 9 heteroatoms. The molecule has 27 heavy (non-hydrogen) atoms. The smallest absolute Gasteiger partial charge is 0.240 e. The number of likely N-dealkylation sites (N-methyl/N-ethyl adjacent to an activating group) is 1. The van der Waals surface area contributed by atoms with Crippen LogP contribution in [0.15, 0.2) is 45.9 Å². The van der Waals surface area contributed by atoms with Crippen molar-refractivity contribution in [3.63, 3.8) is 0 Å². The maximum absolute atomic E-state index is 12.8. The van der Waals surface area contributed by atoms with Gasteiger partial charge in [0.25, 0.3) is 0 Å². The zero-order valence-corrected chi connectivity index (χ0v) is 15.9. The Morgan fingerprint density at radius 2 is 1.89 bits per heavy atom. The highest BCUT2D eigenvalue weighted by atomic mass is 32.2. The molecule has 0 bridgehead atoms. The van der Waals surface area contributed by atoms with Crippen LogP contribution in [0.1, 0.15) is 11.8 Å². The van der Waals surface area contributed by atoms with Crippen molar-refractivity contribution in [3.8, 4) is 11.5 Å². The average Bonchev–Trinajstić information content (AvgIpc) is 3.34. The van der Waals surface area contributed by atoms with Gasteiger partial charge in [-0.25, -0.2) is 13.1 Å². The van der Waals surface area contributed by atoms with Crippen molar-refractivity contribution in [1.82, 2.24) is 14.5 Å². The summed E-state index contributed by atoms with van der Waals surface area (Å²) in [5.74, 6) is 1.76. The maximum Gasteiger partial charge on any atom is 0.240 e. The van der Waals surface area contributed by atoms with E-state index in [1.54, 1.807) is 12.3 Å². The number of furan rings is 1. The lowest BCUT2D eigenvalue weighted by Gasteiger charge is -2.37. The van der Waals surface area contributed by atoms with E-state index in [1.807, 2.05) is 12.1 Å². The minimum Gasteiger partial charge on any atom is -0.468 e. The van der Waals surface area contributed by atoms with E-state index in [9.17, 15) is 8.42 Å². The Kier molecular flexibility index (Phi) is 5.09. The van der Waals surface area contributed by atoms with Gasteiger partial charge in [-0.3, -0.25) is 4.90 Å². The van der Waals surface area contributed by atoms with Crippen LogP contribution < -0.4 is 14.2 Å². The number of ether oxygens (including phenoxy) is 2. The summed E-state index contributed by atoms with van der Waals surface area (Å²) in [5, 5.41) is 0. The van der Waals surface area contributed by atoms with E-state index in [4.69, 9.17) is 13.9 Å². The van der Waals surface area contributed by atoms with Gasteiger partial charge in [-0.2, -0.15) is 0 Å². The van der Waals surface area contributed by atoms with Crippen molar-refractivity contribution in [3.05, 3.63) is 42.4 Å². The molecule has 3 heterocycles. The van der Waals surface area contributed by atoms with E-state index in [2.05, 4.69) is 21.6 Å². The molecule has 1 saturated heterocycles. The molecule has 0 aliphatic carbocycles. The largest absolute Gasteiger partial charge is 0.468 e. The zero-order chi connectivity index (χ0) is 18.9. The molecular weight excluding hydrogens is 370 g/mol. The van der Waals surface area contributed by atoms with Crippen LogP contribution in [-0.2, 0) is 10.0 Å². The zero-order valence-electron chi connectivity index (χ0n) is 15.1. The Morgan fingerprint density at radius 3 is 2.63 bits per heavy atom. The summed E-state index contributed by atoms with van der Waals surface area (Å²) in [6.07, 6.45) is 1.62. The molecule has 4 rings (SSSR count). The van der Waals surface area contributed by atoms with Gasteiger partial charge in [0.15, 0.2) is 11.5 Å². The molecule has 1 N–H and O–H groups in total. The Labute approximate surface area is 158 Å². The lowest BCUT2D eigenvalue weighted by Crippen LogP contribution is -2.48. The van der Waals surface area contributed by atoms with Crippen LogP contribution in [0.2, 0.25) is 0 Å². The standard InChI is InChI=1S/C18H23N3O5S/c1-20-6-8-21(9-7-20)15(16-3-2-10-24-16)12-19-27(22,23)14-4-5-17-18(11-14)26-13-25-17/h2-5,10-11,15,19H,6-9,12-13H2,1H3/t15-/m0/s1. The molecule has 0 unspecified atom stereocenters. The summed E-state index contributed by atoms with van der Waals surface area (Å²) in [4.78, 5) is 4.66. The number of hydrogen-bond donors (Lipinski definition) is 1. The van der Waals surface area contributed by atoms with Crippen molar-refractivity contribution in [2.24, 2.45) is 0 Å². The molecule has 8 nitrogen and oxygen atoms in total. The summed E-state index contributed by atoms with van der Waals surface area (Å²) in [6, 6.07) is 8.18. The van der Waals surface area contributed by atoms with Gasteiger partial charge in [0.05, 0.1) is 17.2 Å². The number of hydrogen-bond acceptors (Lipinski definition) is 7. The van der Waals surface area contributed by atoms with Crippen LogP contribution in [0.4, 0.5) is 0 Å². The van der Waals surface area contributed by atoms with E-state index in [0.717, 1.165) is 31.9 Å². The molecule has 1 aromatic heterocycles. The third kappa shape index (κ3) is 3.96. The van der Waals surface area contributed by atoms with Gasteiger partial charge >= 0.3 is 0 Å². The summed E-state index contributed by atoms with van der Waals surface area (Å²) >= 11 is 0. The summed E-state index contributed by atoms with van der Waals surface area (Å²) in [5.41, 5.74) is 0. The van der Waals surface area contributed by atoms with Crippen LogP contribution >= 0.6 is 0 Å². The molecule has 0 radical (unpaired) electrons. The second kappa shape index (κ2) is 7.51. The highest BCUT2D eigenvalue weighted by Gasteiger charge is 2.28. The predicted molar refractivity (Wildman–Crippen MR) is 98.3 cm³/mol. The van der Waals surface area contributed by atoms with Crippen LogP contribution in [-0.4, -0.2) is 64.8 Å². The second-order valence-corrected chi connectivity index (χ2v) is 8.50. The van der Waals surface area contributed by atoms with Crippen LogP contribution in [0.5, 0.6) is 11.5 Å². The molecule has 0 saturated carbocycles. The Balaban J connectivity index is 1.50. The first-order valence-corrected chi connectivity index (χ1v) is 10.4. The second-order valence-electron chi connectivity index (χ2n) is 6.74. The normalized spacial score (nSPS) is 19.3. The number of rotatable bonds is 6. The summed E-state index contributed by atoms with van der Waals surface area (Å²) in [7, 11) is -1.60. The quantitative estimate of drug-likeness (QED) is 0.791. The summed E-state index contributed by atoms with van der Waals surface area (Å²) < 4.78 is 44.4. The fourth-order valence-electron chi connectivity index (χ4n) is 3.34. The number of piperazine rings is 1. The number of fused-ring (bicyclic) bond motifs is 1. The topological polar surface area (TPSA) is 84.2 Å². The Morgan fingerprint density at radius 1 is 1.11 bits per heavy atom. The SMILES string of the molecule is CN1CCN([C@@H](CNS(=O)(=O)c2ccc3c(c2)OCO3)c2ccco2)CC1. The van der Waals surface area contributed by atoms with Gasteiger partial charge < -0.3 is 18.8 Å². The van der Waals surface area contributed by atoms with Gasteiger partial charge in [0, 0.05) is 38.8 Å². The molecule has 1 aromatic carbocycles.